The fourth-order valence-corrected chi connectivity index (χ4v) is 9.20. The lowest BCUT2D eigenvalue weighted by Crippen LogP contribution is -2.15. The van der Waals surface area contributed by atoms with Gasteiger partial charge in [0.15, 0.2) is 0 Å². The van der Waals surface area contributed by atoms with Crippen molar-refractivity contribution in [2.45, 2.75) is 128 Å². The molecule has 0 spiro atoms. The van der Waals surface area contributed by atoms with Crippen molar-refractivity contribution in [3.8, 4) is 33.4 Å². The third kappa shape index (κ3) is 18.7. The van der Waals surface area contributed by atoms with Crippen LogP contribution in [-0.4, -0.2) is 0 Å². The van der Waals surface area contributed by atoms with Crippen LogP contribution in [0.2, 0.25) is 0 Å². The van der Waals surface area contributed by atoms with Crippen molar-refractivity contribution in [2.24, 2.45) is 0 Å². The summed E-state index contributed by atoms with van der Waals surface area (Å²) in [6, 6.07) is 56.6. The van der Waals surface area contributed by atoms with E-state index in [0.29, 0.717) is 0 Å². The number of allylic oxidation sites excluding steroid dienone is 13. The van der Waals surface area contributed by atoms with Gasteiger partial charge in [-0.2, -0.15) is 0 Å². The average Bonchev–Trinajstić information content (AvgIpc) is 3.94. The summed E-state index contributed by atoms with van der Waals surface area (Å²) in [6.07, 6.45) is 28.5. The van der Waals surface area contributed by atoms with Crippen LogP contribution in [0.25, 0.3) is 56.2 Å². The molecule has 1 saturated carbocycles. The van der Waals surface area contributed by atoms with Gasteiger partial charge in [-0.1, -0.05) is 319 Å². The number of rotatable bonds is 13. The van der Waals surface area contributed by atoms with Gasteiger partial charge in [-0.15, -0.1) is 0 Å². The number of aryl methyl sites for hydroxylation is 4. The standard InChI is InChI=1S/C25H22.C23H26.C22H22.C4H8.C3H8.2CH4/c1-4-9-20(5-2)23-16-24(21-10-7-6-8-11-21)18-25(17-23)22-14-12-19(3)13-15-22;1-5-6-7-11-23(22-12-9-8-10-19(22)3)20(4)17-21-15-13-18(2)14-16-21;1-6-8-16(7-2)17-10-12-19-18-11-9-15(3)13-20(18)22(4,5)21(19)14-17;1-2-4-3-1;1-3-2;;/h4-18H,1-2H2,3H3;6-17H,5H2,1-4H3;6-14H,1-2H2,3-5H3;1-4H2;3H2,1-2H3;2*1H4/b20-9+;7-6-,20-17+,23-11+;16-8+;;;;. The van der Waals surface area contributed by atoms with Gasteiger partial charge in [-0.3, -0.25) is 0 Å². The molecule has 0 amide bonds. The van der Waals surface area contributed by atoms with Crippen LogP contribution in [0.5, 0.6) is 0 Å². The molecule has 0 aromatic heterocycles. The summed E-state index contributed by atoms with van der Waals surface area (Å²) < 4.78 is 0. The Morgan fingerprint density at radius 3 is 1.49 bits per heavy atom. The molecule has 410 valence electrons. The molecule has 0 heterocycles. The van der Waals surface area contributed by atoms with Crippen LogP contribution < -0.4 is 0 Å². The van der Waals surface area contributed by atoms with E-state index in [1.54, 1.807) is 6.08 Å². The van der Waals surface area contributed by atoms with Crippen LogP contribution in [0, 0.1) is 27.7 Å². The predicted molar refractivity (Wildman–Crippen MR) is 359 cm³/mol. The van der Waals surface area contributed by atoms with E-state index < -0.39 is 0 Å². The summed E-state index contributed by atoms with van der Waals surface area (Å²) in [5.74, 6) is 0. The lowest BCUT2D eigenvalue weighted by molar-refractivity contribution is 0.504. The molecule has 1 fully saturated rings. The molecular formula is C79H94. The van der Waals surface area contributed by atoms with Gasteiger partial charge in [0.2, 0.25) is 0 Å². The van der Waals surface area contributed by atoms with Crippen molar-refractivity contribution in [1.29, 1.82) is 0 Å². The Hall–Kier alpha value is -7.80. The van der Waals surface area contributed by atoms with Crippen LogP contribution >= 0.6 is 0 Å². The average molecular weight is 1040 g/mol. The van der Waals surface area contributed by atoms with E-state index in [9.17, 15) is 0 Å². The van der Waals surface area contributed by atoms with Crippen molar-refractivity contribution >= 4 is 22.8 Å². The van der Waals surface area contributed by atoms with Crippen molar-refractivity contribution in [3.05, 3.63) is 300 Å². The van der Waals surface area contributed by atoms with E-state index in [4.69, 9.17) is 0 Å². The highest BCUT2D eigenvalue weighted by Gasteiger charge is 2.35. The number of fused-ring (bicyclic) bond motifs is 3. The van der Waals surface area contributed by atoms with Crippen LogP contribution in [0.3, 0.4) is 0 Å². The molecule has 0 saturated heterocycles. The highest BCUT2D eigenvalue weighted by atomic mass is 14.4. The second-order valence-electron chi connectivity index (χ2n) is 20.7. The highest BCUT2D eigenvalue weighted by Crippen LogP contribution is 2.49. The Labute approximate surface area is 481 Å². The predicted octanol–water partition coefficient (Wildman–Crippen LogP) is 24.1. The van der Waals surface area contributed by atoms with Crippen LogP contribution in [-0.2, 0) is 5.41 Å². The number of hydrogen-bond donors (Lipinski definition) is 0. The third-order valence-electron chi connectivity index (χ3n) is 13.9. The monoisotopic (exact) mass is 1040 g/mol. The first kappa shape index (κ1) is 65.5. The largest absolute Gasteiger partial charge is 0.0990 e. The van der Waals surface area contributed by atoms with Crippen molar-refractivity contribution in [3.63, 3.8) is 0 Å². The summed E-state index contributed by atoms with van der Waals surface area (Å²) in [5, 5.41) is 0. The fraction of sp³-hybridized carbons (Fsp3) is 0.241. The number of hydrogen-bond acceptors (Lipinski definition) is 0. The second-order valence-corrected chi connectivity index (χ2v) is 20.7. The van der Waals surface area contributed by atoms with Gasteiger partial charge in [0.1, 0.15) is 0 Å². The first-order chi connectivity index (χ1) is 37.2. The van der Waals surface area contributed by atoms with Crippen molar-refractivity contribution in [2.75, 3.05) is 0 Å². The maximum atomic E-state index is 3.96. The summed E-state index contributed by atoms with van der Waals surface area (Å²) >= 11 is 0. The first-order valence-corrected chi connectivity index (χ1v) is 27.9. The molecule has 0 bridgehead atoms. The molecule has 0 heteroatoms. The van der Waals surface area contributed by atoms with Gasteiger partial charge in [0.25, 0.3) is 0 Å². The summed E-state index contributed by atoms with van der Waals surface area (Å²) in [7, 11) is 0. The second kappa shape index (κ2) is 33.5. The van der Waals surface area contributed by atoms with Gasteiger partial charge < -0.3 is 0 Å². The van der Waals surface area contributed by atoms with Gasteiger partial charge in [-0.05, 0) is 160 Å². The summed E-state index contributed by atoms with van der Waals surface area (Å²) in [4.78, 5) is 0. The van der Waals surface area contributed by atoms with Gasteiger partial charge in [0.05, 0.1) is 0 Å². The lowest BCUT2D eigenvalue weighted by Gasteiger charge is -2.22. The smallest absolute Gasteiger partial charge is 0.0159 e. The van der Waals surface area contributed by atoms with Gasteiger partial charge >= 0.3 is 0 Å². The zero-order valence-corrected chi connectivity index (χ0v) is 48.4. The van der Waals surface area contributed by atoms with Gasteiger partial charge in [0, 0.05) is 5.41 Å². The molecule has 0 aliphatic heterocycles. The van der Waals surface area contributed by atoms with E-state index in [1.807, 2.05) is 36.4 Å². The quantitative estimate of drug-likeness (QED) is 0.101. The van der Waals surface area contributed by atoms with Crippen molar-refractivity contribution in [1.82, 2.24) is 0 Å². The molecule has 2 aliphatic rings. The van der Waals surface area contributed by atoms with E-state index in [1.165, 1.54) is 127 Å². The number of benzene rings is 7. The molecule has 0 atom stereocenters. The minimum atomic E-state index is 0. The zero-order chi connectivity index (χ0) is 55.7. The normalized spacial score (nSPS) is 12.9. The SMILES string of the molecule is C.C.C1CCC1.C=C/C=C(\C=C)c1cc(-c2ccccc2)cc(-c2ccc(C)cc2)c1.C=C/C=C(\C=C)c1ccc2c(c1)C(C)(C)c1cc(C)ccc1-2.CCC.CC\C=C/C=C(\C(C)=C\c1ccc(C)cc1)c1ccccc1C. The Morgan fingerprint density at radius 1 is 0.494 bits per heavy atom. The van der Waals surface area contributed by atoms with Crippen LogP contribution in [0.15, 0.2) is 244 Å². The molecule has 79 heavy (non-hydrogen) atoms. The fourth-order valence-electron chi connectivity index (χ4n) is 9.20. The third-order valence-corrected chi connectivity index (χ3v) is 13.9. The van der Waals surface area contributed by atoms with E-state index in [-0.39, 0.29) is 20.3 Å². The zero-order valence-electron chi connectivity index (χ0n) is 48.4. The van der Waals surface area contributed by atoms with Crippen molar-refractivity contribution < 1.29 is 0 Å². The molecule has 0 radical (unpaired) electrons. The molecule has 2 aliphatic carbocycles. The Balaban J connectivity index is 0.000000289. The minimum Gasteiger partial charge on any atom is -0.0990 e. The van der Waals surface area contributed by atoms with E-state index in [0.717, 1.165) is 23.1 Å². The topological polar surface area (TPSA) is 0 Å². The van der Waals surface area contributed by atoms with E-state index >= 15 is 0 Å². The molecule has 0 nitrogen and oxygen atoms in total. The molecule has 0 unspecified atom stereocenters. The lowest BCUT2D eigenvalue weighted by atomic mass is 9.81. The summed E-state index contributed by atoms with van der Waals surface area (Å²) in [5.41, 5.74) is 25.2. The molecule has 9 rings (SSSR count). The molecule has 7 aromatic rings. The maximum Gasteiger partial charge on any atom is 0.0159 e. The first-order valence-electron chi connectivity index (χ1n) is 27.9. The molecule has 7 aromatic carbocycles. The molecular weight excluding hydrogens is 949 g/mol. The summed E-state index contributed by atoms with van der Waals surface area (Å²) in [6.45, 7) is 37.3. The Morgan fingerprint density at radius 2 is 0.975 bits per heavy atom. The van der Waals surface area contributed by atoms with Crippen LogP contribution in [0.1, 0.15) is 151 Å². The Bertz CT molecular complexity index is 3200. The molecule has 0 N–H and O–H groups in total. The van der Waals surface area contributed by atoms with Gasteiger partial charge in [-0.25, -0.2) is 0 Å². The van der Waals surface area contributed by atoms with E-state index in [2.05, 4.69) is 272 Å². The van der Waals surface area contributed by atoms with Crippen LogP contribution in [0.4, 0.5) is 0 Å². The Kier molecular flexibility index (Phi) is 27.8. The highest BCUT2D eigenvalue weighted by molar-refractivity contribution is 5.87. The minimum absolute atomic E-state index is 0. The maximum absolute atomic E-state index is 3.96.